The van der Waals surface area contributed by atoms with E-state index >= 15 is 0 Å². The molecule has 4 unspecified atom stereocenters. The molecule has 2 aromatic heterocycles. The maximum atomic E-state index is 11.8. The zero-order chi connectivity index (χ0) is 46.5. The van der Waals surface area contributed by atoms with Crippen molar-refractivity contribution in [1.82, 2.24) is 40.0 Å². The fourth-order valence-corrected chi connectivity index (χ4v) is 8.81. The van der Waals surface area contributed by atoms with Gasteiger partial charge in [0.15, 0.2) is 41.8 Å². The van der Waals surface area contributed by atoms with Crippen molar-refractivity contribution in [1.29, 1.82) is 0 Å². The van der Waals surface area contributed by atoms with E-state index in [4.69, 9.17) is 25.7 Å². The predicted molar refractivity (Wildman–Crippen MR) is 218 cm³/mol. The summed E-state index contributed by atoms with van der Waals surface area (Å²) in [5.41, 5.74) is 7.94. The van der Waals surface area contributed by atoms with Crippen LogP contribution in [-0.4, -0.2) is 224 Å². The Morgan fingerprint density at radius 1 is 0.656 bits per heavy atom. The van der Waals surface area contributed by atoms with Gasteiger partial charge in [-0.1, -0.05) is 20.8 Å². The second-order valence-electron chi connectivity index (χ2n) is 16.6. The first-order valence-electron chi connectivity index (χ1n) is 20.2. The van der Waals surface area contributed by atoms with Crippen LogP contribution in [-0.2, 0) is 23.8 Å². The van der Waals surface area contributed by atoms with Crippen molar-refractivity contribution >= 4 is 53.8 Å². The molecule has 0 bridgehead atoms. The summed E-state index contributed by atoms with van der Waals surface area (Å²) in [7, 11) is 0. The van der Waals surface area contributed by atoms with Crippen LogP contribution in [0, 0.1) is 17.8 Å². The monoisotopic (exact) mass is 906 g/mol. The van der Waals surface area contributed by atoms with Crippen molar-refractivity contribution in [3.05, 3.63) is 12.7 Å². The van der Waals surface area contributed by atoms with Gasteiger partial charge in [0.05, 0.1) is 83.3 Å². The largest absolute Gasteiger partial charge is 0.393 e. The number of nitrogen functional groups attached to an aromatic ring is 1. The van der Waals surface area contributed by atoms with E-state index in [1.807, 2.05) is 0 Å². The van der Waals surface area contributed by atoms with Gasteiger partial charge in [-0.25, -0.2) is 24.9 Å². The normalized spacial score (nSPS) is 36.2. The maximum Gasteiger partial charge on any atom is 0.255 e. The number of aromatic nitrogens is 4. The topological polar surface area (TPSA) is 420 Å². The number of aliphatic imine (C=N–C) groups is 4. The maximum absolute atomic E-state index is 11.8. The predicted octanol–water partition coefficient (Wildman–Crippen LogP) is -7.54. The van der Waals surface area contributed by atoms with Crippen LogP contribution in [0.5, 0.6) is 0 Å². The van der Waals surface area contributed by atoms with E-state index in [9.17, 15) is 55.5 Å². The molecule has 3 fully saturated rings. The third-order valence-electron chi connectivity index (χ3n) is 12.8. The molecule has 13 atom stereocenters. The number of nitrogens with zero attached hydrogens (tertiary/aromatic N) is 10. The highest BCUT2D eigenvalue weighted by atomic mass is 16.6. The number of fused-ring (bicyclic) bond motifs is 3. The average Bonchev–Trinajstić information content (AvgIpc) is 4.15. The van der Waals surface area contributed by atoms with E-state index in [1.54, 1.807) is 35.1 Å². The van der Waals surface area contributed by atoms with E-state index in [0.717, 1.165) is 0 Å². The number of anilines is 1. The van der Waals surface area contributed by atoms with Gasteiger partial charge in [-0.05, 0) is 0 Å². The number of nitrogens with two attached hydrogens (primary N) is 2. The van der Waals surface area contributed by atoms with E-state index in [1.165, 1.54) is 31.7 Å². The third kappa shape index (κ3) is 7.60. The fraction of sp³-hybridized carbons (Fsp3) is 0.694. The SMILES string of the molecule is C[C@@H]1[C@H](N2C=NC3C(=O)NC(N)=NC32)OC(CO)(CO)[C@H]1O.C[C@@H]1[C@H](N2C=NC3C(=O)NC=NC32)OC(CO)(CO)[C@H]1O.C[C@@H]1[C@H](n2cnc3c(N)ncnc32)OC(CO)(CO)[C@H]1O. The number of hydrogen-bond acceptors (Lipinski definition) is 25. The highest BCUT2D eigenvalue weighted by Crippen LogP contribution is 2.43. The fourth-order valence-electron chi connectivity index (χ4n) is 8.81. The van der Waals surface area contributed by atoms with Crippen molar-refractivity contribution in [2.75, 3.05) is 45.4 Å². The number of nitrogens with one attached hydrogen (secondary N) is 2. The van der Waals surface area contributed by atoms with Crippen molar-refractivity contribution in [3.63, 3.8) is 0 Å². The van der Waals surface area contributed by atoms with Crippen molar-refractivity contribution in [3.8, 4) is 0 Å². The van der Waals surface area contributed by atoms with Crippen molar-refractivity contribution < 1.29 is 69.8 Å². The smallest absolute Gasteiger partial charge is 0.255 e. The number of ether oxygens (including phenoxy) is 3. The van der Waals surface area contributed by atoms with Gasteiger partial charge in [0, 0.05) is 17.8 Å². The molecular weight excluding hydrogens is 852 g/mol. The summed E-state index contributed by atoms with van der Waals surface area (Å²) in [6, 6.07) is -1.39. The molecular formula is C36H54N14O14. The number of rotatable bonds is 9. The summed E-state index contributed by atoms with van der Waals surface area (Å²) in [4.78, 5) is 55.5. The Kier molecular flexibility index (Phi) is 13.2. The van der Waals surface area contributed by atoms with Crippen LogP contribution in [0.2, 0.25) is 0 Å². The molecule has 9 rings (SSSR count). The average molecular weight is 907 g/mol. The number of aliphatic hydroxyl groups excluding tert-OH is 9. The summed E-state index contributed by atoms with van der Waals surface area (Å²) < 4.78 is 18.8. The van der Waals surface area contributed by atoms with E-state index in [2.05, 4.69) is 45.6 Å². The molecule has 28 heteroatoms. The van der Waals surface area contributed by atoms with Crippen molar-refractivity contribution in [2.24, 2.45) is 43.5 Å². The van der Waals surface area contributed by atoms with Gasteiger partial charge in [0.1, 0.15) is 47.3 Å². The summed E-state index contributed by atoms with van der Waals surface area (Å²) in [6.07, 6.45) is 0.729. The summed E-state index contributed by atoms with van der Waals surface area (Å²) in [5.74, 6) is -1.59. The minimum atomic E-state index is -1.46. The molecule has 0 aromatic carbocycles. The Morgan fingerprint density at radius 3 is 1.62 bits per heavy atom. The second kappa shape index (κ2) is 18.0. The van der Waals surface area contributed by atoms with Crippen LogP contribution in [0.1, 0.15) is 27.0 Å². The molecule has 0 spiro atoms. The molecule has 0 saturated carbocycles. The van der Waals surface area contributed by atoms with Gasteiger partial charge in [-0.3, -0.25) is 29.5 Å². The molecule has 2 aromatic rings. The zero-order valence-corrected chi connectivity index (χ0v) is 34.8. The van der Waals surface area contributed by atoms with Crippen LogP contribution in [0.25, 0.3) is 11.2 Å². The standard InChI is InChI=1S/C12H19N5O5.C12H17N5O4.C12H18N4O5/c1-5-7(20)12(2-18,3-19)22-10(5)17-4-14-6-8(17)15-11(13)16-9(6)21;1-6-8(20)12(2-18,3-19)21-11(6)17-5-16-7-9(13)14-4-15-10(7)17;1-6-8(19)12(2-17,3-18)21-11(6)16-5-15-7-9(16)13-4-14-10(7)20/h4-8,10,18-20H,2-3H2,1H3,(H3,13,15,16,21);4-6,8,11,18-20H,2-3H2,1H3,(H2,13,14,15);4-9,11,17-19H,2-3H2,1H3,(H,13,14,20)/t5-,6?,7-,8?,10+;6-,8-,11+;6-,7?,8-,9?,11+/m000/s1. The number of hydrogen-bond donors (Lipinski definition) is 13. The lowest BCUT2D eigenvalue weighted by Gasteiger charge is -2.34. The number of aliphatic hydroxyl groups is 9. The van der Waals surface area contributed by atoms with E-state index < -0.39 is 130 Å². The minimum absolute atomic E-state index is 0.0106. The van der Waals surface area contributed by atoms with E-state index in [0.29, 0.717) is 11.2 Å². The van der Waals surface area contributed by atoms with Gasteiger partial charge in [-0.2, -0.15) is 0 Å². The van der Waals surface area contributed by atoms with Crippen LogP contribution in [0.4, 0.5) is 5.82 Å². The Labute approximate surface area is 363 Å². The highest BCUT2D eigenvalue weighted by molar-refractivity contribution is 6.02. The van der Waals surface area contributed by atoms with Gasteiger partial charge < -0.3 is 86.8 Å². The molecule has 64 heavy (non-hydrogen) atoms. The molecule has 2 amide bonds. The Hall–Kier alpha value is -5.11. The lowest BCUT2D eigenvalue weighted by atomic mass is 9.91. The van der Waals surface area contributed by atoms with Crippen molar-refractivity contribution in [2.45, 2.75) is 99.0 Å². The van der Waals surface area contributed by atoms with Crippen LogP contribution >= 0.6 is 0 Å². The third-order valence-corrected chi connectivity index (χ3v) is 12.8. The number of imidazole rings is 1. The van der Waals surface area contributed by atoms with Crippen LogP contribution in [0.15, 0.2) is 32.6 Å². The number of carbonyl (C=O) groups excluding carboxylic acids is 2. The lowest BCUT2D eigenvalue weighted by molar-refractivity contribution is -0.158. The lowest BCUT2D eigenvalue weighted by Crippen LogP contribution is -2.56. The number of carbonyl (C=O) groups is 2. The minimum Gasteiger partial charge on any atom is -0.393 e. The van der Waals surface area contributed by atoms with Gasteiger partial charge in [0.2, 0.25) is 0 Å². The Morgan fingerprint density at radius 2 is 1.12 bits per heavy atom. The molecule has 9 heterocycles. The first kappa shape index (κ1) is 46.9. The molecule has 7 aliphatic heterocycles. The first-order valence-corrected chi connectivity index (χ1v) is 20.2. The van der Waals surface area contributed by atoms with E-state index in [-0.39, 0.29) is 29.5 Å². The van der Waals surface area contributed by atoms with Crippen LogP contribution < -0.4 is 22.1 Å². The highest BCUT2D eigenvalue weighted by Gasteiger charge is 2.58. The van der Waals surface area contributed by atoms with Gasteiger partial charge >= 0.3 is 0 Å². The van der Waals surface area contributed by atoms with Crippen LogP contribution in [0.3, 0.4) is 0 Å². The number of guanidine groups is 1. The van der Waals surface area contributed by atoms with Gasteiger partial charge in [-0.15, -0.1) is 0 Å². The Balaban J connectivity index is 0.000000144. The second-order valence-corrected chi connectivity index (χ2v) is 16.6. The summed E-state index contributed by atoms with van der Waals surface area (Å²) in [5, 5.41) is 92.5. The Bertz CT molecular complexity index is 2150. The zero-order valence-electron chi connectivity index (χ0n) is 34.8. The molecule has 3 saturated heterocycles. The van der Waals surface area contributed by atoms with Gasteiger partial charge in [0.25, 0.3) is 11.8 Å². The number of amides is 2. The molecule has 0 radical (unpaired) electrons. The quantitative estimate of drug-likeness (QED) is 0.111. The summed E-state index contributed by atoms with van der Waals surface area (Å²) in [6.45, 7) is 2.18. The summed E-state index contributed by atoms with van der Waals surface area (Å²) >= 11 is 0. The molecule has 7 aliphatic rings. The molecule has 352 valence electrons. The first-order chi connectivity index (χ1) is 30.5. The molecule has 0 aliphatic carbocycles. The molecule has 15 N–H and O–H groups in total. The molecule has 28 nitrogen and oxygen atoms in total.